The average molecular weight is 230 g/mol. The molecule has 2 nitrogen and oxygen atoms in total. The summed E-state index contributed by atoms with van der Waals surface area (Å²) in [4.78, 5) is 0. The molecule has 2 N–H and O–H groups in total. The van der Waals surface area contributed by atoms with Gasteiger partial charge in [0.25, 0.3) is 0 Å². The zero-order valence-corrected chi connectivity index (χ0v) is 11.3. The minimum Gasteiger partial charge on any atom is -0.311 e. The van der Waals surface area contributed by atoms with Gasteiger partial charge in [0.15, 0.2) is 0 Å². The van der Waals surface area contributed by atoms with E-state index in [4.69, 9.17) is 0 Å². The summed E-state index contributed by atoms with van der Waals surface area (Å²) in [6, 6.07) is 0.674. The van der Waals surface area contributed by atoms with Crippen LogP contribution in [-0.4, -0.2) is 36.2 Å². The Balaban J connectivity index is 2.31. The Kier molecular flexibility index (Phi) is 6.02. The van der Waals surface area contributed by atoms with Gasteiger partial charge in [-0.05, 0) is 19.3 Å². The summed E-state index contributed by atoms with van der Waals surface area (Å²) >= 11 is 2.07. The van der Waals surface area contributed by atoms with E-state index >= 15 is 0 Å². The number of rotatable bonds is 6. The van der Waals surface area contributed by atoms with Crippen molar-refractivity contribution in [2.45, 2.75) is 51.6 Å². The lowest BCUT2D eigenvalue weighted by Gasteiger charge is -2.35. The van der Waals surface area contributed by atoms with Gasteiger partial charge >= 0.3 is 0 Å². The zero-order valence-electron chi connectivity index (χ0n) is 10.4. The Morgan fingerprint density at radius 1 is 1.27 bits per heavy atom. The van der Waals surface area contributed by atoms with Gasteiger partial charge in [0.2, 0.25) is 0 Å². The number of hydrogen-bond donors (Lipinski definition) is 2. The molecule has 15 heavy (non-hydrogen) atoms. The fraction of sp³-hybridized carbons (Fsp3) is 1.00. The monoisotopic (exact) mass is 230 g/mol. The molecule has 1 aliphatic rings. The van der Waals surface area contributed by atoms with Crippen LogP contribution in [0.25, 0.3) is 0 Å². The minimum absolute atomic E-state index is 0.379. The molecule has 3 heteroatoms. The van der Waals surface area contributed by atoms with Crippen molar-refractivity contribution in [1.82, 2.24) is 10.6 Å². The standard InChI is InChI=1S/C12H26N2S/c1-4-12(5-2,6-3)14-9-11-10-15-8-7-13-11/h11,13-14H,4-10H2,1-3H3. The van der Waals surface area contributed by atoms with Crippen LogP contribution in [-0.2, 0) is 0 Å². The van der Waals surface area contributed by atoms with E-state index in [9.17, 15) is 0 Å². The van der Waals surface area contributed by atoms with Crippen molar-refractivity contribution < 1.29 is 0 Å². The molecule has 0 radical (unpaired) electrons. The topological polar surface area (TPSA) is 24.1 Å². The Morgan fingerprint density at radius 2 is 1.93 bits per heavy atom. The van der Waals surface area contributed by atoms with E-state index in [0.717, 1.165) is 6.54 Å². The van der Waals surface area contributed by atoms with Gasteiger partial charge in [-0.2, -0.15) is 11.8 Å². The summed E-state index contributed by atoms with van der Waals surface area (Å²) in [5.74, 6) is 2.54. The van der Waals surface area contributed by atoms with Gasteiger partial charge in [-0.25, -0.2) is 0 Å². The van der Waals surface area contributed by atoms with E-state index in [2.05, 4.69) is 43.2 Å². The van der Waals surface area contributed by atoms with Crippen molar-refractivity contribution in [3.8, 4) is 0 Å². The summed E-state index contributed by atoms with van der Waals surface area (Å²) in [6.45, 7) is 9.19. The van der Waals surface area contributed by atoms with Crippen molar-refractivity contribution >= 4 is 11.8 Å². The van der Waals surface area contributed by atoms with Gasteiger partial charge in [-0.1, -0.05) is 20.8 Å². The second kappa shape index (κ2) is 6.77. The molecule has 1 aliphatic heterocycles. The van der Waals surface area contributed by atoms with Crippen molar-refractivity contribution in [2.75, 3.05) is 24.6 Å². The van der Waals surface area contributed by atoms with Gasteiger partial charge in [0.1, 0.15) is 0 Å². The van der Waals surface area contributed by atoms with E-state index in [1.165, 1.54) is 37.3 Å². The molecule has 0 amide bonds. The van der Waals surface area contributed by atoms with Gasteiger partial charge in [0, 0.05) is 36.2 Å². The fourth-order valence-electron chi connectivity index (χ4n) is 2.22. The molecule has 0 saturated carbocycles. The van der Waals surface area contributed by atoms with Gasteiger partial charge in [-0.3, -0.25) is 0 Å². The van der Waals surface area contributed by atoms with Crippen molar-refractivity contribution in [1.29, 1.82) is 0 Å². The molecule has 1 rings (SSSR count). The van der Waals surface area contributed by atoms with Crippen LogP contribution in [0, 0.1) is 0 Å². The third kappa shape index (κ3) is 3.97. The maximum atomic E-state index is 3.78. The summed E-state index contributed by atoms with van der Waals surface area (Å²) < 4.78 is 0. The normalized spacial score (nSPS) is 23.0. The second-order valence-electron chi connectivity index (χ2n) is 4.45. The molecular weight excluding hydrogens is 204 g/mol. The Labute approximate surface area is 99.0 Å². The highest BCUT2D eigenvalue weighted by Gasteiger charge is 2.24. The van der Waals surface area contributed by atoms with Crippen molar-refractivity contribution in [3.63, 3.8) is 0 Å². The van der Waals surface area contributed by atoms with Crippen LogP contribution in [0.4, 0.5) is 0 Å². The first kappa shape index (κ1) is 13.3. The molecular formula is C12H26N2S. The fourth-order valence-corrected chi connectivity index (χ4v) is 3.16. The van der Waals surface area contributed by atoms with Crippen molar-refractivity contribution in [2.24, 2.45) is 0 Å². The summed E-state index contributed by atoms with van der Waals surface area (Å²) in [6.07, 6.45) is 3.71. The molecule has 90 valence electrons. The highest BCUT2D eigenvalue weighted by molar-refractivity contribution is 7.99. The maximum Gasteiger partial charge on any atom is 0.0283 e. The van der Waals surface area contributed by atoms with E-state index < -0.39 is 0 Å². The van der Waals surface area contributed by atoms with Crippen molar-refractivity contribution in [3.05, 3.63) is 0 Å². The van der Waals surface area contributed by atoms with Gasteiger partial charge in [0.05, 0.1) is 0 Å². The molecule has 0 bridgehead atoms. The largest absolute Gasteiger partial charge is 0.311 e. The first-order valence-electron chi connectivity index (χ1n) is 6.32. The molecule has 1 unspecified atom stereocenters. The smallest absolute Gasteiger partial charge is 0.0283 e. The lowest BCUT2D eigenvalue weighted by atomic mass is 9.89. The predicted molar refractivity (Wildman–Crippen MR) is 70.7 cm³/mol. The Bertz CT molecular complexity index is 155. The summed E-state index contributed by atoms with van der Waals surface area (Å²) in [5.41, 5.74) is 0.379. The quantitative estimate of drug-likeness (QED) is 0.732. The summed E-state index contributed by atoms with van der Waals surface area (Å²) in [5, 5.41) is 7.36. The summed E-state index contributed by atoms with van der Waals surface area (Å²) in [7, 11) is 0. The van der Waals surface area contributed by atoms with Crippen LogP contribution >= 0.6 is 11.8 Å². The highest BCUT2D eigenvalue weighted by atomic mass is 32.2. The molecule has 1 fully saturated rings. The van der Waals surface area contributed by atoms with E-state index in [1.54, 1.807) is 0 Å². The molecule has 0 spiro atoms. The van der Waals surface area contributed by atoms with E-state index in [-0.39, 0.29) is 0 Å². The predicted octanol–water partition coefficient (Wildman–Crippen LogP) is 2.25. The second-order valence-corrected chi connectivity index (χ2v) is 5.60. The van der Waals surface area contributed by atoms with Crippen LogP contribution < -0.4 is 10.6 Å². The maximum absolute atomic E-state index is 3.78. The SMILES string of the molecule is CCC(CC)(CC)NCC1CSCCN1. The number of thioether (sulfide) groups is 1. The number of nitrogens with one attached hydrogen (secondary N) is 2. The molecule has 1 saturated heterocycles. The lowest BCUT2D eigenvalue weighted by molar-refractivity contribution is 0.279. The molecule has 1 atom stereocenters. The van der Waals surface area contributed by atoms with Crippen LogP contribution in [0.1, 0.15) is 40.0 Å². The minimum atomic E-state index is 0.379. The van der Waals surface area contributed by atoms with Gasteiger partial charge < -0.3 is 10.6 Å². The number of hydrogen-bond acceptors (Lipinski definition) is 3. The first-order chi connectivity index (χ1) is 7.26. The molecule has 0 aromatic rings. The third-order valence-corrected chi connectivity index (χ3v) is 4.88. The molecule has 0 aromatic heterocycles. The zero-order chi connectivity index (χ0) is 11.1. The van der Waals surface area contributed by atoms with Gasteiger partial charge in [-0.15, -0.1) is 0 Å². The van der Waals surface area contributed by atoms with E-state index in [0.29, 0.717) is 11.6 Å². The lowest BCUT2D eigenvalue weighted by Crippen LogP contribution is -2.52. The third-order valence-electron chi connectivity index (χ3n) is 3.75. The average Bonchev–Trinajstić information content (AvgIpc) is 2.33. The first-order valence-corrected chi connectivity index (χ1v) is 7.48. The molecule has 0 aromatic carbocycles. The molecule has 1 heterocycles. The molecule has 0 aliphatic carbocycles. The van der Waals surface area contributed by atoms with E-state index in [1.807, 2.05) is 0 Å². The Morgan fingerprint density at radius 3 is 2.40 bits per heavy atom. The highest BCUT2D eigenvalue weighted by Crippen LogP contribution is 2.19. The Hall–Kier alpha value is 0.270. The van der Waals surface area contributed by atoms with Crippen LogP contribution in [0.5, 0.6) is 0 Å². The van der Waals surface area contributed by atoms with Crippen LogP contribution in [0.3, 0.4) is 0 Å². The van der Waals surface area contributed by atoms with Crippen LogP contribution in [0.2, 0.25) is 0 Å². The van der Waals surface area contributed by atoms with Crippen LogP contribution in [0.15, 0.2) is 0 Å².